The maximum absolute atomic E-state index is 13.0. The SMILES string of the molecule is CN(C)c1ccc(C(=O)N2CCc3[nH]nc(-c4cccc(Cl)c4)c3C2)cc1. The molecule has 0 saturated carbocycles. The van der Waals surface area contributed by atoms with Crippen molar-refractivity contribution in [2.75, 3.05) is 25.5 Å². The van der Waals surface area contributed by atoms with Crippen LogP contribution in [0.4, 0.5) is 5.69 Å². The first-order valence-electron chi connectivity index (χ1n) is 8.91. The average Bonchev–Trinajstić information content (AvgIpc) is 3.10. The molecule has 0 atom stereocenters. The first-order chi connectivity index (χ1) is 13.0. The molecule has 0 spiro atoms. The van der Waals surface area contributed by atoms with Crippen LogP contribution < -0.4 is 4.90 Å². The number of anilines is 1. The van der Waals surface area contributed by atoms with E-state index in [2.05, 4.69) is 10.2 Å². The zero-order valence-corrected chi connectivity index (χ0v) is 16.1. The minimum atomic E-state index is 0.0456. The van der Waals surface area contributed by atoms with Crippen LogP contribution in [0.3, 0.4) is 0 Å². The van der Waals surface area contributed by atoms with Crippen LogP contribution in [-0.4, -0.2) is 41.6 Å². The number of benzene rings is 2. The second kappa shape index (κ2) is 7.08. The van der Waals surface area contributed by atoms with Gasteiger partial charge in [0.1, 0.15) is 0 Å². The molecule has 1 N–H and O–H groups in total. The predicted molar refractivity (Wildman–Crippen MR) is 108 cm³/mol. The molecule has 0 unspecified atom stereocenters. The van der Waals surface area contributed by atoms with Crippen LogP contribution in [-0.2, 0) is 13.0 Å². The molecule has 0 saturated heterocycles. The minimum Gasteiger partial charge on any atom is -0.378 e. The number of nitrogens with zero attached hydrogens (tertiary/aromatic N) is 3. The molecule has 1 aliphatic heterocycles. The number of nitrogens with one attached hydrogen (secondary N) is 1. The Kier molecular flexibility index (Phi) is 4.62. The van der Waals surface area contributed by atoms with Crippen molar-refractivity contribution < 1.29 is 4.79 Å². The van der Waals surface area contributed by atoms with Crippen LogP contribution in [0.2, 0.25) is 5.02 Å². The molecular weight excluding hydrogens is 360 g/mol. The second-order valence-electron chi connectivity index (χ2n) is 6.96. The zero-order valence-electron chi connectivity index (χ0n) is 15.4. The molecule has 1 aliphatic rings. The number of carbonyl (C=O) groups excluding carboxylic acids is 1. The lowest BCUT2D eigenvalue weighted by Gasteiger charge is -2.27. The van der Waals surface area contributed by atoms with E-state index in [1.807, 2.05) is 72.4 Å². The number of H-pyrrole nitrogens is 1. The minimum absolute atomic E-state index is 0.0456. The summed E-state index contributed by atoms with van der Waals surface area (Å²) in [6, 6.07) is 15.4. The monoisotopic (exact) mass is 380 g/mol. The third-order valence-electron chi connectivity index (χ3n) is 4.95. The number of hydrogen-bond donors (Lipinski definition) is 1. The number of hydrogen-bond acceptors (Lipinski definition) is 3. The molecule has 0 fully saturated rings. The molecular formula is C21H21ClN4O. The van der Waals surface area contributed by atoms with E-state index in [9.17, 15) is 4.79 Å². The lowest BCUT2D eigenvalue weighted by atomic mass is 10.0. The fourth-order valence-electron chi connectivity index (χ4n) is 3.43. The molecule has 5 nitrogen and oxygen atoms in total. The summed E-state index contributed by atoms with van der Waals surface area (Å²) in [5.74, 6) is 0.0456. The van der Waals surface area contributed by atoms with Gasteiger partial charge in [-0.05, 0) is 36.4 Å². The number of carbonyl (C=O) groups is 1. The van der Waals surface area contributed by atoms with Crippen molar-refractivity contribution in [3.8, 4) is 11.3 Å². The van der Waals surface area contributed by atoms with E-state index < -0.39 is 0 Å². The normalized spacial score (nSPS) is 13.4. The highest BCUT2D eigenvalue weighted by Crippen LogP contribution is 2.30. The maximum atomic E-state index is 13.0. The van der Waals surface area contributed by atoms with Gasteiger partial charge in [0, 0.05) is 66.7 Å². The van der Waals surface area contributed by atoms with E-state index >= 15 is 0 Å². The van der Waals surface area contributed by atoms with Crippen molar-refractivity contribution in [2.24, 2.45) is 0 Å². The highest BCUT2D eigenvalue weighted by atomic mass is 35.5. The van der Waals surface area contributed by atoms with Gasteiger partial charge in [-0.2, -0.15) is 5.10 Å². The molecule has 0 aliphatic carbocycles. The quantitative estimate of drug-likeness (QED) is 0.747. The molecule has 2 aromatic carbocycles. The number of aromatic amines is 1. The summed E-state index contributed by atoms with van der Waals surface area (Å²) >= 11 is 6.13. The summed E-state index contributed by atoms with van der Waals surface area (Å²) in [4.78, 5) is 16.9. The zero-order chi connectivity index (χ0) is 19.0. The Labute approximate surface area is 163 Å². The summed E-state index contributed by atoms with van der Waals surface area (Å²) in [7, 11) is 3.97. The van der Waals surface area contributed by atoms with Gasteiger partial charge >= 0.3 is 0 Å². The van der Waals surface area contributed by atoms with E-state index in [4.69, 9.17) is 11.6 Å². The third kappa shape index (κ3) is 3.43. The highest BCUT2D eigenvalue weighted by molar-refractivity contribution is 6.30. The van der Waals surface area contributed by atoms with Gasteiger partial charge in [-0.25, -0.2) is 0 Å². The van der Waals surface area contributed by atoms with E-state index in [1.54, 1.807) is 0 Å². The van der Waals surface area contributed by atoms with Gasteiger partial charge in [0.15, 0.2) is 0 Å². The summed E-state index contributed by atoms with van der Waals surface area (Å²) in [5.41, 5.74) is 5.78. The second-order valence-corrected chi connectivity index (χ2v) is 7.39. The van der Waals surface area contributed by atoms with Gasteiger partial charge in [0.05, 0.1) is 5.69 Å². The maximum Gasteiger partial charge on any atom is 0.254 e. The van der Waals surface area contributed by atoms with Gasteiger partial charge in [-0.1, -0.05) is 23.7 Å². The largest absolute Gasteiger partial charge is 0.378 e. The van der Waals surface area contributed by atoms with Crippen LogP contribution in [0, 0.1) is 0 Å². The lowest BCUT2D eigenvalue weighted by molar-refractivity contribution is 0.0734. The molecule has 2 heterocycles. The number of fused-ring (bicyclic) bond motifs is 1. The molecule has 138 valence electrons. The van der Waals surface area contributed by atoms with Gasteiger partial charge in [-0.3, -0.25) is 9.89 Å². The van der Waals surface area contributed by atoms with Crippen molar-refractivity contribution in [3.05, 3.63) is 70.4 Å². The van der Waals surface area contributed by atoms with Crippen LogP contribution in [0.25, 0.3) is 11.3 Å². The Morgan fingerprint density at radius 1 is 1.19 bits per heavy atom. The smallest absolute Gasteiger partial charge is 0.254 e. The molecule has 1 aromatic heterocycles. The molecule has 1 amide bonds. The van der Waals surface area contributed by atoms with E-state index in [1.165, 1.54) is 0 Å². The van der Waals surface area contributed by atoms with E-state index in [-0.39, 0.29) is 5.91 Å². The summed E-state index contributed by atoms with van der Waals surface area (Å²) < 4.78 is 0. The van der Waals surface area contributed by atoms with Crippen molar-refractivity contribution in [3.63, 3.8) is 0 Å². The Hall–Kier alpha value is -2.79. The summed E-state index contributed by atoms with van der Waals surface area (Å²) in [6.07, 6.45) is 0.768. The van der Waals surface area contributed by atoms with Gasteiger partial charge in [0.2, 0.25) is 0 Å². The number of halogens is 1. The molecule has 6 heteroatoms. The fourth-order valence-corrected chi connectivity index (χ4v) is 3.62. The first-order valence-corrected chi connectivity index (χ1v) is 9.29. The van der Waals surface area contributed by atoms with Crippen molar-refractivity contribution in [2.45, 2.75) is 13.0 Å². The molecule has 4 rings (SSSR count). The lowest BCUT2D eigenvalue weighted by Crippen LogP contribution is -2.35. The number of rotatable bonds is 3. The van der Waals surface area contributed by atoms with E-state index in [0.29, 0.717) is 23.7 Å². The third-order valence-corrected chi connectivity index (χ3v) is 5.18. The van der Waals surface area contributed by atoms with Crippen molar-refractivity contribution in [1.82, 2.24) is 15.1 Å². The summed E-state index contributed by atoms with van der Waals surface area (Å²) in [6.45, 7) is 1.22. The summed E-state index contributed by atoms with van der Waals surface area (Å²) in [5, 5.41) is 8.28. The topological polar surface area (TPSA) is 52.2 Å². The standard InChI is InChI=1S/C21H21ClN4O/c1-25(2)17-8-6-14(7-9-17)21(27)26-11-10-19-18(13-26)20(24-23-19)15-4-3-5-16(22)12-15/h3-9,12H,10-11,13H2,1-2H3,(H,23,24). The first kappa shape index (κ1) is 17.6. The van der Waals surface area contributed by atoms with Crippen LogP contribution in [0.15, 0.2) is 48.5 Å². The number of aromatic nitrogens is 2. The Balaban J connectivity index is 1.59. The van der Waals surface area contributed by atoms with Crippen molar-refractivity contribution >= 4 is 23.2 Å². The average molecular weight is 381 g/mol. The predicted octanol–water partition coefficient (Wildman–Crippen LogP) is 3.99. The van der Waals surface area contributed by atoms with Crippen LogP contribution >= 0.6 is 11.6 Å². The molecule has 0 bridgehead atoms. The molecule has 27 heavy (non-hydrogen) atoms. The van der Waals surface area contributed by atoms with Crippen LogP contribution in [0.1, 0.15) is 21.6 Å². The van der Waals surface area contributed by atoms with Gasteiger partial charge < -0.3 is 9.80 Å². The highest BCUT2D eigenvalue weighted by Gasteiger charge is 2.26. The van der Waals surface area contributed by atoms with Gasteiger partial charge in [0.25, 0.3) is 5.91 Å². The van der Waals surface area contributed by atoms with Gasteiger partial charge in [-0.15, -0.1) is 0 Å². The fraction of sp³-hybridized carbons (Fsp3) is 0.238. The Bertz CT molecular complexity index is 978. The van der Waals surface area contributed by atoms with E-state index in [0.717, 1.165) is 34.6 Å². The van der Waals surface area contributed by atoms with Crippen LogP contribution in [0.5, 0.6) is 0 Å². The molecule has 0 radical (unpaired) electrons. The molecule has 3 aromatic rings. The Morgan fingerprint density at radius 3 is 2.67 bits per heavy atom. The number of amides is 1. The Morgan fingerprint density at radius 2 is 1.96 bits per heavy atom. The van der Waals surface area contributed by atoms with Crippen molar-refractivity contribution in [1.29, 1.82) is 0 Å².